The molecule has 150 valence electrons. The zero-order valence-corrected chi connectivity index (χ0v) is 17.1. The van der Waals surface area contributed by atoms with Gasteiger partial charge in [0, 0.05) is 41.0 Å². The minimum atomic E-state index is -0.0950. The lowest BCUT2D eigenvalue weighted by Crippen LogP contribution is -2.07. The number of rotatable bonds is 8. The Hall–Kier alpha value is -3.18. The van der Waals surface area contributed by atoms with Gasteiger partial charge in [-0.3, -0.25) is 4.79 Å². The van der Waals surface area contributed by atoms with E-state index in [-0.39, 0.29) is 5.91 Å². The zero-order valence-electron chi connectivity index (χ0n) is 16.4. The van der Waals surface area contributed by atoms with Crippen molar-refractivity contribution >= 4 is 28.9 Å². The van der Waals surface area contributed by atoms with Crippen molar-refractivity contribution in [2.45, 2.75) is 20.1 Å². The highest BCUT2D eigenvalue weighted by atomic mass is 35.5. The van der Waals surface area contributed by atoms with Crippen molar-refractivity contribution in [3.05, 3.63) is 82.9 Å². The lowest BCUT2D eigenvalue weighted by Gasteiger charge is -2.16. The van der Waals surface area contributed by atoms with Crippen LogP contribution >= 0.6 is 11.6 Å². The topological polar surface area (TPSA) is 59.6 Å². The Balaban J connectivity index is 1.72. The summed E-state index contributed by atoms with van der Waals surface area (Å²) in [4.78, 5) is 11.1. The van der Waals surface area contributed by atoms with Gasteiger partial charge in [0.2, 0.25) is 5.91 Å². The number of para-hydroxylation sites is 1. The number of hydrogen-bond donors (Lipinski definition) is 2. The molecular weight excluding hydrogens is 388 g/mol. The average Bonchev–Trinajstić information content (AvgIpc) is 2.72. The number of hydrogen-bond acceptors (Lipinski definition) is 4. The van der Waals surface area contributed by atoms with E-state index < -0.39 is 0 Å². The molecule has 0 atom stereocenters. The molecule has 0 spiro atoms. The fourth-order valence-corrected chi connectivity index (χ4v) is 3.05. The number of halogens is 1. The summed E-state index contributed by atoms with van der Waals surface area (Å²) in [7, 11) is 1.62. The fraction of sp³-hybridized carbons (Fsp3) is 0.174. The molecule has 0 heterocycles. The summed E-state index contributed by atoms with van der Waals surface area (Å²) in [5.74, 6) is 1.25. The van der Waals surface area contributed by atoms with Gasteiger partial charge in [0.05, 0.1) is 7.11 Å². The van der Waals surface area contributed by atoms with Crippen molar-refractivity contribution < 1.29 is 14.3 Å². The van der Waals surface area contributed by atoms with Crippen molar-refractivity contribution in [3.63, 3.8) is 0 Å². The van der Waals surface area contributed by atoms with E-state index in [1.165, 1.54) is 6.92 Å². The van der Waals surface area contributed by atoms with E-state index >= 15 is 0 Å². The van der Waals surface area contributed by atoms with Crippen LogP contribution in [-0.4, -0.2) is 13.0 Å². The van der Waals surface area contributed by atoms with Crippen LogP contribution in [0.25, 0.3) is 0 Å². The highest BCUT2D eigenvalue weighted by Gasteiger charge is 2.12. The first-order valence-corrected chi connectivity index (χ1v) is 9.58. The second kappa shape index (κ2) is 9.85. The van der Waals surface area contributed by atoms with E-state index in [2.05, 4.69) is 10.6 Å². The normalized spacial score (nSPS) is 10.3. The monoisotopic (exact) mass is 410 g/mol. The van der Waals surface area contributed by atoms with Gasteiger partial charge < -0.3 is 20.1 Å². The lowest BCUT2D eigenvalue weighted by molar-refractivity contribution is -0.114. The maximum absolute atomic E-state index is 11.1. The summed E-state index contributed by atoms with van der Waals surface area (Å²) in [6, 6.07) is 20.9. The van der Waals surface area contributed by atoms with Gasteiger partial charge in [0.25, 0.3) is 0 Å². The number of amides is 1. The molecule has 29 heavy (non-hydrogen) atoms. The summed E-state index contributed by atoms with van der Waals surface area (Å²) in [6.45, 7) is 2.38. The van der Waals surface area contributed by atoms with Gasteiger partial charge in [-0.1, -0.05) is 41.9 Å². The molecule has 6 heteroatoms. The predicted molar refractivity (Wildman–Crippen MR) is 117 cm³/mol. The third-order valence-electron chi connectivity index (χ3n) is 4.30. The molecule has 0 aromatic heterocycles. The van der Waals surface area contributed by atoms with Gasteiger partial charge in [-0.15, -0.1) is 0 Å². The van der Waals surface area contributed by atoms with Crippen LogP contribution in [0.2, 0.25) is 5.02 Å². The average molecular weight is 411 g/mol. The first-order valence-electron chi connectivity index (χ1n) is 9.20. The molecular formula is C23H23ClN2O3. The van der Waals surface area contributed by atoms with E-state index in [1.807, 2.05) is 66.7 Å². The number of nitrogens with one attached hydrogen (secondary N) is 2. The zero-order chi connectivity index (χ0) is 20.6. The number of benzene rings is 3. The Morgan fingerprint density at radius 2 is 1.62 bits per heavy atom. The maximum Gasteiger partial charge on any atom is 0.221 e. The van der Waals surface area contributed by atoms with Crippen LogP contribution in [0, 0.1) is 0 Å². The second-order valence-corrected chi connectivity index (χ2v) is 6.85. The van der Waals surface area contributed by atoms with Crippen LogP contribution in [-0.2, 0) is 17.9 Å². The molecule has 0 saturated carbocycles. The molecule has 0 bridgehead atoms. The van der Waals surface area contributed by atoms with Gasteiger partial charge in [-0.05, 0) is 36.4 Å². The van der Waals surface area contributed by atoms with Crippen molar-refractivity contribution in [2.24, 2.45) is 0 Å². The van der Waals surface area contributed by atoms with Crippen molar-refractivity contribution in [2.75, 3.05) is 17.7 Å². The predicted octanol–water partition coefficient (Wildman–Crippen LogP) is 5.50. The Morgan fingerprint density at radius 1 is 0.931 bits per heavy atom. The standard InChI is InChI=1S/C23H23ClN2O3/c1-16(27)26-20-12-10-19(11-13-20)25-14-17-7-5-9-22(28-2)23(17)29-15-18-6-3-4-8-21(18)24/h3-13,25H,14-15H2,1-2H3,(H,26,27). The molecule has 5 nitrogen and oxygen atoms in total. The van der Waals surface area contributed by atoms with Gasteiger partial charge in [-0.2, -0.15) is 0 Å². The van der Waals surface area contributed by atoms with Crippen molar-refractivity contribution in [1.82, 2.24) is 0 Å². The summed E-state index contributed by atoms with van der Waals surface area (Å²) in [6.07, 6.45) is 0. The Bertz CT molecular complexity index is 974. The molecule has 0 aliphatic carbocycles. The Morgan fingerprint density at radius 3 is 2.31 bits per heavy atom. The summed E-state index contributed by atoms with van der Waals surface area (Å²) < 4.78 is 11.6. The Labute approximate surface area is 175 Å². The Kier molecular flexibility index (Phi) is 6.98. The first-order chi connectivity index (χ1) is 14.1. The highest BCUT2D eigenvalue weighted by Crippen LogP contribution is 2.33. The van der Waals surface area contributed by atoms with Crippen LogP contribution in [0.5, 0.6) is 11.5 Å². The van der Waals surface area contributed by atoms with Crippen LogP contribution in [0.3, 0.4) is 0 Å². The molecule has 3 aromatic rings. The summed E-state index contributed by atoms with van der Waals surface area (Å²) >= 11 is 6.24. The van der Waals surface area contributed by atoms with Gasteiger partial charge >= 0.3 is 0 Å². The van der Waals surface area contributed by atoms with Crippen LogP contribution in [0.4, 0.5) is 11.4 Å². The molecule has 0 fully saturated rings. The molecule has 0 saturated heterocycles. The van der Waals surface area contributed by atoms with E-state index in [1.54, 1.807) is 7.11 Å². The third-order valence-corrected chi connectivity index (χ3v) is 4.67. The second-order valence-electron chi connectivity index (χ2n) is 6.44. The molecule has 0 unspecified atom stereocenters. The molecule has 0 radical (unpaired) electrons. The SMILES string of the molecule is COc1cccc(CNc2ccc(NC(C)=O)cc2)c1OCc1ccccc1Cl. The molecule has 2 N–H and O–H groups in total. The van der Waals surface area contributed by atoms with Crippen LogP contribution < -0.4 is 20.1 Å². The van der Waals surface area contributed by atoms with Gasteiger partial charge in [-0.25, -0.2) is 0 Å². The van der Waals surface area contributed by atoms with E-state index in [9.17, 15) is 4.79 Å². The highest BCUT2D eigenvalue weighted by molar-refractivity contribution is 6.31. The molecule has 3 aromatic carbocycles. The van der Waals surface area contributed by atoms with Crippen molar-refractivity contribution in [3.8, 4) is 11.5 Å². The van der Waals surface area contributed by atoms with E-state index in [4.69, 9.17) is 21.1 Å². The van der Waals surface area contributed by atoms with E-state index in [0.717, 1.165) is 22.5 Å². The lowest BCUT2D eigenvalue weighted by atomic mass is 10.1. The molecule has 1 amide bonds. The largest absolute Gasteiger partial charge is 0.493 e. The smallest absolute Gasteiger partial charge is 0.221 e. The van der Waals surface area contributed by atoms with Crippen molar-refractivity contribution in [1.29, 1.82) is 0 Å². The van der Waals surface area contributed by atoms with E-state index in [0.29, 0.717) is 29.7 Å². The number of carbonyl (C=O) groups excluding carboxylic acids is 1. The number of methoxy groups -OCH3 is 1. The summed E-state index contributed by atoms with van der Waals surface area (Å²) in [5.41, 5.74) is 3.56. The first kappa shape index (κ1) is 20.6. The third kappa shape index (κ3) is 5.65. The number of anilines is 2. The summed E-state index contributed by atoms with van der Waals surface area (Å²) in [5, 5.41) is 6.79. The minimum Gasteiger partial charge on any atom is -0.493 e. The van der Waals surface area contributed by atoms with Gasteiger partial charge in [0.15, 0.2) is 11.5 Å². The molecule has 0 aliphatic rings. The van der Waals surface area contributed by atoms with Crippen LogP contribution in [0.1, 0.15) is 18.1 Å². The fourth-order valence-electron chi connectivity index (χ4n) is 2.86. The molecule has 3 rings (SSSR count). The quantitative estimate of drug-likeness (QED) is 0.515. The number of carbonyl (C=O) groups is 1. The molecule has 0 aliphatic heterocycles. The maximum atomic E-state index is 11.1. The minimum absolute atomic E-state index is 0.0950. The van der Waals surface area contributed by atoms with Gasteiger partial charge in [0.1, 0.15) is 6.61 Å². The van der Waals surface area contributed by atoms with Crippen LogP contribution in [0.15, 0.2) is 66.7 Å². The number of ether oxygens (including phenoxy) is 2.